The lowest BCUT2D eigenvalue weighted by Crippen LogP contribution is -2.64. The predicted molar refractivity (Wildman–Crippen MR) is 131 cm³/mol. The third-order valence-electron chi connectivity index (χ3n) is 5.56. The van der Waals surface area contributed by atoms with Crippen molar-refractivity contribution in [1.82, 2.24) is 19.7 Å². The number of nitrogens with zero attached hydrogens (tertiary/aromatic N) is 3. The minimum atomic E-state index is -1.21. The summed E-state index contributed by atoms with van der Waals surface area (Å²) >= 11 is 5.72. The summed E-state index contributed by atoms with van der Waals surface area (Å²) in [5, 5.41) is 7.44. The first kappa shape index (κ1) is 28.0. The second-order valence-electron chi connectivity index (χ2n) is 8.40. The van der Waals surface area contributed by atoms with E-state index < -0.39 is 54.4 Å². The average Bonchev–Trinajstić information content (AvgIpc) is 3.16. The van der Waals surface area contributed by atoms with Gasteiger partial charge >= 0.3 is 17.9 Å². The number of carbonyl (C=O) groups is 4. The van der Waals surface area contributed by atoms with Crippen LogP contribution in [-0.2, 0) is 44.7 Å². The van der Waals surface area contributed by atoms with Gasteiger partial charge in [0.25, 0.3) is 0 Å². The molecule has 1 fully saturated rings. The Hall–Kier alpha value is -3.58. The number of nitrogens with one attached hydrogen (secondary N) is 1. The van der Waals surface area contributed by atoms with Gasteiger partial charge in [-0.25, -0.2) is 4.68 Å². The predicted octanol–water partition coefficient (Wildman–Crippen LogP) is 1.93. The highest BCUT2D eigenvalue weighted by Gasteiger charge is 2.52. The Morgan fingerprint density at radius 2 is 1.62 bits per heavy atom. The van der Waals surface area contributed by atoms with Gasteiger partial charge in [0.2, 0.25) is 10.7 Å². The molecule has 12 nitrogen and oxygen atoms in total. The van der Waals surface area contributed by atoms with Gasteiger partial charge in [-0.1, -0.05) is 30.3 Å². The Bertz CT molecular complexity index is 1210. The molecule has 2 aromatic rings. The number of carbonyl (C=O) groups excluding carboxylic acids is 4. The van der Waals surface area contributed by atoms with E-state index in [1.54, 1.807) is 4.57 Å². The Balaban J connectivity index is 2.18. The molecule has 1 amide bonds. The SMILES string of the molecule is CCn1c(-c2ccccc2)nn([C@@H]2O[C@H](COC(C)=O)[C@H](OC(C)=O)[C@@H](OC(C)=O)[C@@H]2NC(C)=O)c1=S. The third kappa shape index (κ3) is 6.60. The third-order valence-corrected chi connectivity index (χ3v) is 5.97. The number of benzene rings is 1. The van der Waals surface area contributed by atoms with Crippen molar-refractivity contribution in [2.24, 2.45) is 0 Å². The van der Waals surface area contributed by atoms with Crippen LogP contribution in [0.15, 0.2) is 30.3 Å². The molecule has 1 aromatic carbocycles. The molecule has 0 aliphatic carbocycles. The van der Waals surface area contributed by atoms with Gasteiger partial charge in [-0.15, -0.1) is 5.10 Å². The Labute approximate surface area is 218 Å². The van der Waals surface area contributed by atoms with Gasteiger partial charge in [0.05, 0.1) is 0 Å². The van der Waals surface area contributed by atoms with E-state index in [4.69, 9.17) is 36.3 Å². The summed E-state index contributed by atoms with van der Waals surface area (Å²) in [5.41, 5.74) is 0.798. The van der Waals surface area contributed by atoms with E-state index in [0.717, 1.165) is 5.56 Å². The fourth-order valence-electron chi connectivity index (χ4n) is 4.18. The van der Waals surface area contributed by atoms with Crippen LogP contribution >= 0.6 is 12.2 Å². The van der Waals surface area contributed by atoms with Crippen LogP contribution in [0, 0.1) is 4.77 Å². The molecule has 1 aromatic heterocycles. The standard InChI is InChI=1S/C24H30N4O8S/c1-6-27-22(17-10-8-7-9-11-17)26-28(24(27)37)23-19(25-13(2)29)21(35-16(5)32)20(34-15(4)31)18(36-23)12-33-14(3)30/h7-11,18-21,23H,6,12H2,1-5H3,(H,25,29)/t18-,19+,20+,21+,23-/m1/s1. The Kier molecular flexibility index (Phi) is 9.16. The van der Waals surface area contributed by atoms with Crippen molar-refractivity contribution in [3.8, 4) is 11.4 Å². The van der Waals surface area contributed by atoms with E-state index in [-0.39, 0.29) is 11.4 Å². The molecule has 0 unspecified atom stereocenters. The number of hydrogen-bond donors (Lipinski definition) is 1. The van der Waals surface area contributed by atoms with Crippen LogP contribution in [0.4, 0.5) is 0 Å². The molecule has 200 valence electrons. The summed E-state index contributed by atoms with van der Waals surface area (Å²) in [6, 6.07) is 8.30. The summed E-state index contributed by atoms with van der Waals surface area (Å²) in [6.07, 6.45) is -4.59. The minimum Gasteiger partial charge on any atom is -0.463 e. The lowest BCUT2D eigenvalue weighted by atomic mass is 9.95. The molecule has 0 saturated carbocycles. The number of esters is 3. The van der Waals surface area contributed by atoms with Gasteiger partial charge in [-0.3, -0.25) is 19.2 Å². The van der Waals surface area contributed by atoms with Crippen LogP contribution in [0.3, 0.4) is 0 Å². The highest BCUT2D eigenvalue weighted by atomic mass is 32.1. The molecule has 1 saturated heterocycles. The molecule has 5 atom stereocenters. The molecule has 0 spiro atoms. The zero-order valence-electron chi connectivity index (χ0n) is 21.2. The topological polar surface area (TPSA) is 140 Å². The lowest BCUT2D eigenvalue weighted by Gasteiger charge is -2.45. The van der Waals surface area contributed by atoms with Gasteiger partial charge < -0.3 is 28.8 Å². The van der Waals surface area contributed by atoms with Crippen molar-refractivity contribution in [3.05, 3.63) is 35.1 Å². The summed E-state index contributed by atoms with van der Waals surface area (Å²) in [5.74, 6) is -1.86. The fourth-order valence-corrected chi connectivity index (χ4v) is 4.54. The van der Waals surface area contributed by atoms with Gasteiger partial charge in [0.15, 0.2) is 24.3 Å². The van der Waals surface area contributed by atoms with Crippen LogP contribution in [0.5, 0.6) is 0 Å². The maximum absolute atomic E-state index is 12.2. The first-order chi connectivity index (χ1) is 17.5. The molecular weight excluding hydrogens is 504 g/mol. The van der Waals surface area contributed by atoms with Crippen molar-refractivity contribution >= 4 is 36.0 Å². The number of rotatable bonds is 8. The van der Waals surface area contributed by atoms with Crippen LogP contribution in [0.2, 0.25) is 0 Å². The maximum Gasteiger partial charge on any atom is 0.303 e. The summed E-state index contributed by atoms with van der Waals surface area (Å²) in [7, 11) is 0. The average molecular weight is 535 g/mol. The van der Waals surface area contributed by atoms with Gasteiger partial charge in [0.1, 0.15) is 18.8 Å². The van der Waals surface area contributed by atoms with Crippen molar-refractivity contribution < 1.29 is 38.1 Å². The molecule has 1 aliphatic rings. The second-order valence-corrected chi connectivity index (χ2v) is 8.77. The molecule has 3 rings (SSSR count). The van der Waals surface area contributed by atoms with Crippen LogP contribution in [0.25, 0.3) is 11.4 Å². The molecular formula is C24H30N4O8S. The Morgan fingerprint density at radius 1 is 1.00 bits per heavy atom. The van der Waals surface area contributed by atoms with Crippen LogP contribution in [-0.4, -0.2) is 69.1 Å². The molecule has 0 radical (unpaired) electrons. The molecule has 1 aliphatic heterocycles. The Morgan fingerprint density at radius 3 is 2.16 bits per heavy atom. The van der Waals surface area contributed by atoms with E-state index in [9.17, 15) is 19.2 Å². The monoisotopic (exact) mass is 534 g/mol. The maximum atomic E-state index is 12.2. The summed E-state index contributed by atoms with van der Waals surface area (Å²) < 4.78 is 25.9. The number of ether oxygens (including phenoxy) is 4. The van der Waals surface area contributed by atoms with Gasteiger partial charge in [0, 0.05) is 39.8 Å². The number of aromatic nitrogens is 3. The van der Waals surface area contributed by atoms with Crippen molar-refractivity contribution in [2.45, 2.75) is 71.7 Å². The fraction of sp³-hybridized carbons (Fsp3) is 0.500. The van der Waals surface area contributed by atoms with E-state index in [0.29, 0.717) is 12.4 Å². The first-order valence-corrected chi connectivity index (χ1v) is 12.1. The second kappa shape index (κ2) is 12.1. The lowest BCUT2D eigenvalue weighted by molar-refractivity contribution is -0.239. The van der Waals surface area contributed by atoms with E-state index in [1.807, 2.05) is 37.3 Å². The molecule has 1 N–H and O–H groups in total. The van der Waals surface area contributed by atoms with Crippen molar-refractivity contribution in [1.29, 1.82) is 0 Å². The number of hydrogen-bond acceptors (Lipinski definition) is 10. The zero-order valence-corrected chi connectivity index (χ0v) is 22.0. The van der Waals surface area contributed by atoms with Gasteiger partial charge in [-0.05, 0) is 19.1 Å². The molecule has 37 heavy (non-hydrogen) atoms. The largest absolute Gasteiger partial charge is 0.463 e. The zero-order chi connectivity index (χ0) is 27.3. The quantitative estimate of drug-likeness (QED) is 0.303. The molecule has 0 bridgehead atoms. The van der Waals surface area contributed by atoms with E-state index in [1.165, 1.54) is 32.4 Å². The highest BCUT2D eigenvalue weighted by molar-refractivity contribution is 7.71. The highest BCUT2D eigenvalue weighted by Crippen LogP contribution is 2.33. The number of amides is 1. The summed E-state index contributed by atoms with van der Waals surface area (Å²) in [6.45, 7) is 6.94. The molecule has 13 heteroatoms. The normalized spacial score (nSPS) is 23.1. The van der Waals surface area contributed by atoms with Gasteiger partial charge in [-0.2, -0.15) is 0 Å². The van der Waals surface area contributed by atoms with Crippen LogP contribution < -0.4 is 5.32 Å². The van der Waals surface area contributed by atoms with E-state index in [2.05, 4.69) is 5.32 Å². The summed E-state index contributed by atoms with van der Waals surface area (Å²) in [4.78, 5) is 47.9. The minimum absolute atomic E-state index is 0.278. The van der Waals surface area contributed by atoms with Crippen molar-refractivity contribution in [3.63, 3.8) is 0 Å². The molecule has 2 heterocycles. The smallest absolute Gasteiger partial charge is 0.303 e. The van der Waals surface area contributed by atoms with Crippen LogP contribution in [0.1, 0.15) is 40.8 Å². The van der Waals surface area contributed by atoms with Crippen molar-refractivity contribution in [2.75, 3.05) is 6.61 Å². The first-order valence-electron chi connectivity index (χ1n) is 11.7. The van der Waals surface area contributed by atoms with E-state index >= 15 is 0 Å².